The first-order valence-corrected chi connectivity index (χ1v) is 14.9. The number of Topliss-reactive ketones (excluding diaryl/α,β-unsaturated/α-hetero) is 1. The Morgan fingerprint density at radius 2 is 1.37 bits per heavy atom. The van der Waals surface area contributed by atoms with Gasteiger partial charge in [0.05, 0.1) is 11.2 Å². The fraction of sp³-hybridized carbons (Fsp3) is 0.321. The summed E-state index contributed by atoms with van der Waals surface area (Å²) in [5.41, 5.74) is -1.32. The van der Waals surface area contributed by atoms with E-state index in [1.54, 1.807) is 24.3 Å². The highest BCUT2D eigenvalue weighted by Gasteiger charge is 2.65. The van der Waals surface area contributed by atoms with Gasteiger partial charge < -0.3 is 5.11 Å². The minimum absolute atomic E-state index is 0.0376. The first kappa shape index (κ1) is 24.1. The zero-order valence-electron chi connectivity index (χ0n) is 19.9. The molecule has 5 rings (SSSR count). The lowest BCUT2D eigenvalue weighted by atomic mass is 9.70. The molecule has 1 N–H and O–H groups in total. The van der Waals surface area contributed by atoms with Crippen LogP contribution in [0.25, 0.3) is 0 Å². The highest BCUT2D eigenvalue weighted by molar-refractivity contribution is 8.33. The van der Waals surface area contributed by atoms with Gasteiger partial charge in [-0.05, 0) is 83.0 Å². The molecule has 2 saturated carbocycles. The highest BCUT2D eigenvalue weighted by atomic mass is 32.3. The molecule has 184 valence electrons. The predicted octanol–water partition coefficient (Wildman–Crippen LogP) is 6.33. The number of benzene rings is 3. The number of carbonyl (C=O) groups is 1. The normalized spacial score (nSPS) is 23.9. The summed E-state index contributed by atoms with van der Waals surface area (Å²) in [6, 6.07) is 25.2. The monoisotopic (exact) mass is 510 g/mol. The summed E-state index contributed by atoms with van der Waals surface area (Å²) in [7, 11) is -6.91. The van der Waals surface area contributed by atoms with Crippen LogP contribution in [-0.2, 0) is 18.5 Å². The molecule has 0 spiro atoms. The number of ketones is 1. The van der Waals surface area contributed by atoms with Crippen molar-refractivity contribution in [1.29, 1.82) is 0 Å². The zero-order valence-corrected chi connectivity index (χ0v) is 21.5. The molecule has 2 fully saturated rings. The quantitative estimate of drug-likeness (QED) is 0.402. The summed E-state index contributed by atoms with van der Waals surface area (Å²) >= 11 is 0. The third-order valence-electron chi connectivity index (χ3n) is 8.09. The Hall–Kier alpha value is -2.61. The van der Waals surface area contributed by atoms with E-state index in [0.717, 1.165) is 16.2 Å². The number of hydrogen-bond acceptors (Lipinski definition) is 5. The molecular formula is C28H30O5S2. The smallest absolute Gasteiger partial charge is 0.278 e. The van der Waals surface area contributed by atoms with Crippen molar-refractivity contribution in [1.82, 2.24) is 0 Å². The SMILES string of the molecule is CC1(C)C2CCC1(CS(=O)(=O)OS(c1ccccc1)(c1ccccc1)c1ccc(O)cc1)C(=O)C2. The minimum Gasteiger partial charge on any atom is -0.508 e. The molecule has 0 aromatic heterocycles. The number of phenols is 1. The number of aromatic hydroxyl groups is 1. The van der Waals surface area contributed by atoms with Crippen molar-refractivity contribution in [3.8, 4) is 5.75 Å². The molecule has 2 atom stereocenters. The Morgan fingerprint density at radius 3 is 1.83 bits per heavy atom. The maximum absolute atomic E-state index is 14.0. The van der Waals surface area contributed by atoms with Gasteiger partial charge in [0.1, 0.15) is 11.5 Å². The van der Waals surface area contributed by atoms with Crippen LogP contribution in [0.1, 0.15) is 33.1 Å². The van der Waals surface area contributed by atoms with E-state index in [9.17, 15) is 18.3 Å². The van der Waals surface area contributed by atoms with Crippen molar-refractivity contribution >= 4 is 26.2 Å². The van der Waals surface area contributed by atoms with Gasteiger partial charge in [-0.25, -0.2) is 3.63 Å². The maximum Gasteiger partial charge on any atom is 0.278 e. The topological polar surface area (TPSA) is 80.7 Å². The summed E-state index contributed by atoms with van der Waals surface area (Å²) < 4.78 is 34.4. The van der Waals surface area contributed by atoms with E-state index in [1.165, 1.54) is 0 Å². The molecule has 2 aliphatic carbocycles. The van der Waals surface area contributed by atoms with Crippen LogP contribution in [0.5, 0.6) is 5.75 Å². The van der Waals surface area contributed by atoms with E-state index < -0.39 is 31.3 Å². The van der Waals surface area contributed by atoms with Crippen molar-refractivity contribution in [2.75, 3.05) is 5.75 Å². The van der Waals surface area contributed by atoms with E-state index in [2.05, 4.69) is 0 Å². The number of hydrogen-bond donors (Lipinski definition) is 1. The molecule has 3 aromatic rings. The molecule has 35 heavy (non-hydrogen) atoms. The van der Waals surface area contributed by atoms with E-state index in [-0.39, 0.29) is 23.2 Å². The Morgan fingerprint density at radius 1 is 0.857 bits per heavy atom. The van der Waals surface area contributed by atoms with E-state index >= 15 is 0 Å². The summed E-state index contributed by atoms with van der Waals surface area (Å²) in [6.07, 6.45) is 1.88. The van der Waals surface area contributed by atoms with Gasteiger partial charge in [0.2, 0.25) is 0 Å². The highest BCUT2D eigenvalue weighted by Crippen LogP contribution is 2.71. The average molecular weight is 511 g/mol. The molecule has 2 unspecified atom stereocenters. The van der Waals surface area contributed by atoms with Crippen LogP contribution in [0.4, 0.5) is 0 Å². The second-order valence-electron chi connectivity index (χ2n) is 10.1. The minimum atomic E-state index is -4.17. The molecule has 7 heteroatoms. The van der Waals surface area contributed by atoms with Crippen LogP contribution in [0.3, 0.4) is 0 Å². The third kappa shape index (κ3) is 3.81. The molecule has 5 nitrogen and oxygen atoms in total. The van der Waals surface area contributed by atoms with Gasteiger partial charge in [0, 0.05) is 21.1 Å². The van der Waals surface area contributed by atoms with Gasteiger partial charge in [0.15, 0.2) is 0 Å². The summed E-state index contributed by atoms with van der Waals surface area (Å²) in [6.45, 7) is 4.05. The summed E-state index contributed by atoms with van der Waals surface area (Å²) in [4.78, 5) is 15.2. The van der Waals surface area contributed by atoms with Crippen molar-refractivity contribution in [3.63, 3.8) is 0 Å². The predicted molar refractivity (Wildman–Crippen MR) is 137 cm³/mol. The van der Waals surface area contributed by atoms with Gasteiger partial charge in [0.25, 0.3) is 10.1 Å². The molecule has 0 amide bonds. The summed E-state index contributed by atoms with van der Waals surface area (Å²) in [5, 5.41) is 9.96. The van der Waals surface area contributed by atoms with Crippen molar-refractivity contribution in [2.45, 2.75) is 47.8 Å². The Bertz CT molecular complexity index is 1300. The number of rotatable bonds is 7. The lowest BCUT2D eigenvalue weighted by Crippen LogP contribution is -2.42. The van der Waals surface area contributed by atoms with E-state index in [0.29, 0.717) is 17.7 Å². The van der Waals surface area contributed by atoms with Gasteiger partial charge in [-0.3, -0.25) is 4.79 Å². The Labute approximate surface area is 208 Å². The number of fused-ring (bicyclic) bond motifs is 2. The van der Waals surface area contributed by atoms with Gasteiger partial charge in [-0.1, -0.05) is 50.2 Å². The number of carbonyl (C=O) groups excluding carboxylic acids is 1. The van der Waals surface area contributed by atoms with E-state index in [1.807, 2.05) is 74.5 Å². The van der Waals surface area contributed by atoms with E-state index in [4.69, 9.17) is 3.63 Å². The molecule has 2 bridgehead atoms. The lowest BCUT2D eigenvalue weighted by molar-refractivity contribution is -0.128. The second-order valence-corrected chi connectivity index (χ2v) is 14.6. The molecule has 0 radical (unpaired) electrons. The third-order valence-corrected chi connectivity index (χ3v) is 13.4. The van der Waals surface area contributed by atoms with Gasteiger partial charge in [-0.2, -0.15) is 8.42 Å². The standard InChI is InChI=1S/C28H30O5S2/c1-27(2)21-17-18-28(27,26(30)19-21)20-34(31,32)33-35(23-9-5-3-6-10-23,24-11-7-4-8-12-24)25-15-13-22(29)14-16-25/h3-16,21,29H,17-20H2,1-2H3. The zero-order chi connectivity index (χ0) is 24.9. The lowest BCUT2D eigenvalue weighted by Gasteiger charge is -2.41. The molecule has 0 saturated heterocycles. The van der Waals surface area contributed by atoms with Crippen molar-refractivity contribution in [3.05, 3.63) is 84.9 Å². The molecule has 3 aromatic carbocycles. The van der Waals surface area contributed by atoms with Gasteiger partial charge >= 0.3 is 0 Å². The fourth-order valence-corrected chi connectivity index (χ4v) is 12.1. The molecule has 0 aliphatic heterocycles. The van der Waals surface area contributed by atoms with Crippen LogP contribution in [-0.4, -0.2) is 25.1 Å². The average Bonchev–Trinajstić information content (AvgIpc) is 3.18. The van der Waals surface area contributed by atoms with Crippen LogP contribution < -0.4 is 0 Å². The van der Waals surface area contributed by atoms with Crippen LogP contribution >= 0.6 is 10.3 Å². The maximum atomic E-state index is 14.0. The molecule has 0 heterocycles. The van der Waals surface area contributed by atoms with Crippen molar-refractivity contribution in [2.24, 2.45) is 16.7 Å². The van der Waals surface area contributed by atoms with Gasteiger partial charge in [-0.15, -0.1) is 0 Å². The van der Waals surface area contributed by atoms with Crippen LogP contribution in [0.15, 0.2) is 99.6 Å². The Balaban J connectivity index is 1.68. The first-order valence-electron chi connectivity index (χ1n) is 11.8. The second kappa shape index (κ2) is 8.50. The van der Waals surface area contributed by atoms with Crippen LogP contribution in [0.2, 0.25) is 0 Å². The first-order chi connectivity index (χ1) is 16.6. The fourth-order valence-electron chi connectivity index (χ4n) is 5.98. The molecule has 2 aliphatic rings. The van der Waals surface area contributed by atoms with Crippen LogP contribution in [0, 0.1) is 16.7 Å². The number of phenolic OH excluding ortho intramolecular Hbond substituents is 1. The van der Waals surface area contributed by atoms with Crippen molar-refractivity contribution < 1.29 is 21.9 Å². The Kier molecular flexibility index (Phi) is 5.86. The largest absolute Gasteiger partial charge is 0.508 e. The molecular weight excluding hydrogens is 480 g/mol. The summed E-state index contributed by atoms with van der Waals surface area (Å²) in [5.74, 6) is 0.00733.